The molecule has 1 heterocycles. The van der Waals surface area contributed by atoms with E-state index in [1.165, 1.54) is 0 Å². The highest BCUT2D eigenvalue weighted by atomic mass is 35.5. The number of rotatable bonds is 4. The molecule has 0 saturated heterocycles. The fourth-order valence-electron chi connectivity index (χ4n) is 3.09. The molecule has 2 aromatic rings. The maximum Gasteiger partial charge on any atom is 0.329 e. The second-order valence-electron chi connectivity index (χ2n) is 6.52. The molecule has 1 aromatic carbocycles. The summed E-state index contributed by atoms with van der Waals surface area (Å²) in [6.07, 6.45) is 0. The van der Waals surface area contributed by atoms with Crippen LogP contribution >= 0.6 is 33.4 Å². The van der Waals surface area contributed by atoms with Crippen molar-refractivity contribution in [2.75, 3.05) is 12.4 Å². The van der Waals surface area contributed by atoms with Gasteiger partial charge in [-0.05, 0) is 12.1 Å². The van der Waals surface area contributed by atoms with Crippen LogP contribution in [-0.4, -0.2) is 28.3 Å². The standard InChI is InChI=1S/C14H6Cl2F10N4S/c15-6-1-5(31(22,23,24,25)26)2-7(16)10(6)30-11(28)9(8(3-27)29-30)12(4-17)13(18,19)14(12,20)21/h1-2H,4,28H2. The number of benzene rings is 1. The highest BCUT2D eigenvalue weighted by Gasteiger charge is 2.98. The first-order valence-electron chi connectivity index (χ1n) is 7.52. The second-order valence-corrected chi connectivity index (χ2v) is 9.75. The van der Waals surface area contributed by atoms with E-state index >= 15 is 0 Å². The molecule has 0 bridgehead atoms. The molecule has 0 amide bonds. The molecule has 172 valence electrons. The van der Waals surface area contributed by atoms with Gasteiger partial charge in [0.1, 0.15) is 29.1 Å². The number of anilines is 1. The lowest BCUT2D eigenvalue weighted by molar-refractivity contribution is -0.0278. The van der Waals surface area contributed by atoms with Gasteiger partial charge in [0, 0.05) is 0 Å². The van der Waals surface area contributed by atoms with Gasteiger partial charge in [-0.25, -0.2) is 9.07 Å². The van der Waals surface area contributed by atoms with Gasteiger partial charge in [0.15, 0.2) is 11.1 Å². The number of alkyl halides is 5. The van der Waals surface area contributed by atoms with E-state index in [0.717, 1.165) is 6.07 Å². The third-order valence-electron chi connectivity index (χ3n) is 4.71. The van der Waals surface area contributed by atoms with Crippen molar-refractivity contribution in [3.8, 4) is 11.8 Å². The van der Waals surface area contributed by atoms with E-state index in [2.05, 4.69) is 5.10 Å². The Labute approximate surface area is 175 Å². The van der Waals surface area contributed by atoms with Crippen molar-refractivity contribution in [1.82, 2.24) is 9.78 Å². The molecule has 1 saturated carbocycles. The predicted molar refractivity (Wildman–Crippen MR) is 91.7 cm³/mol. The molecule has 0 spiro atoms. The van der Waals surface area contributed by atoms with Crippen LogP contribution in [-0.2, 0) is 5.41 Å². The molecule has 2 N–H and O–H groups in total. The fraction of sp³-hybridized carbons (Fsp3) is 0.286. The first-order valence-corrected chi connectivity index (χ1v) is 10.2. The van der Waals surface area contributed by atoms with Crippen LogP contribution in [0, 0.1) is 11.3 Å². The lowest BCUT2D eigenvalue weighted by atomic mass is 9.95. The number of nitriles is 1. The van der Waals surface area contributed by atoms with Crippen LogP contribution in [0.2, 0.25) is 10.0 Å². The Balaban J connectivity index is 2.31. The minimum Gasteiger partial charge on any atom is -0.383 e. The van der Waals surface area contributed by atoms with Gasteiger partial charge in [0.05, 0.1) is 15.6 Å². The topological polar surface area (TPSA) is 67.6 Å². The molecule has 1 fully saturated rings. The second kappa shape index (κ2) is 5.65. The van der Waals surface area contributed by atoms with Gasteiger partial charge in [-0.2, -0.15) is 27.9 Å². The lowest BCUT2D eigenvalue weighted by Gasteiger charge is -2.40. The van der Waals surface area contributed by atoms with Gasteiger partial charge >= 0.3 is 22.1 Å². The molecular formula is C14H6Cl2F10N4S. The highest BCUT2D eigenvalue weighted by molar-refractivity contribution is 8.45. The molecule has 1 aliphatic rings. The quantitative estimate of drug-likeness (QED) is 0.450. The number of hydrogen-bond donors (Lipinski definition) is 1. The van der Waals surface area contributed by atoms with Crippen molar-refractivity contribution in [1.29, 1.82) is 5.26 Å². The predicted octanol–water partition coefficient (Wildman–Crippen LogP) is 6.78. The fourth-order valence-corrected chi connectivity index (χ4v) is 4.54. The van der Waals surface area contributed by atoms with E-state index in [1.54, 1.807) is 0 Å². The average molecular weight is 523 g/mol. The lowest BCUT2D eigenvalue weighted by Crippen LogP contribution is -2.23. The summed E-state index contributed by atoms with van der Waals surface area (Å²) in [4.78, 5) is -2.52. The molecule has 17 heteroatoms. The van der Waals surface area contributed by atoms with Crippen LogP contribution in [0.3, 0.4) is 0 Å². The minimum atomic E-state index is -10.3. The van der Waals surface area contributed by atoms with Gasteiger partial charge in [-0.15, -0.1) is 0 Å². The number of hydrogen-bond acceptors (Lipinski definition) is 3. The first-order chi connectivity index (χ1) is 13.7. The summed E-state index contributed by atoms with van der Waals surface area (Å²) in [5.41, 5.74) is -1.95. The Morgan fingerprint density at radius 3 is 1.81 bits per heavy atom. The largest absolute Gasteiger partial charge is 0.383 e. The Morgan fingerprint density at radius 1 is 1.03 bits per heavy atom. The van der Waals surface area contributed by atoms with Gasteiger partial charge in [0.25, 0.3) is 0 Å². The zero-order valence-corrected chi connectivity index (χ0v) is 16.6. The number of halogens is 12. The zero-order chi connectivity index (χ0) is 24.1. The van der Waals surface area contributed by atoms with Crippen LogP contribution in [0.15, 0.2) is 17.0 Å². The normalized spacial score (nSPS) is 21.1. The van der Waals surface area contributed by atoms with E-state index < -0.39 is 71.9 Å². The maximum absolute atomic E-state index is 13.8. The number of nitrogen functional groups attached to an aromatic ring is 1. The van der Waals surface area contributed by atoms with Crippen LogP contribution in [0.1, 0.15) is 11.3 Å². The molecule has 0 aliphatic heterocycles. The molecule has 0 atom stereocenters. The van der Waals surface area contributed by atoms with Crippen LogP contribution < -0.4 is 5.73 Å². The van der Waals surface area contributed by atoms with E-state index in [9.17, 15) is 41.4 Å². The van der Waals surface area contributed by atoms with E-state index in [4.69, 9.17) is 34.2 Å². The van der Waals surface area contributed by atoms with Crippen molar-refractivity contribution < 1.29 is 41.4 Å². The van der Waals surface area contributed by atoms with Crippen molar-refractivity contribution in [2.45, 2.75) is 22.2 Å². The summed E-state index contributed by atoms with van der Waals surface area (Å²) in [6.45, 7) is -2.39. The van der Waals surface area contributed by atoms with E-state index in [0.29, 0.717) is 0 Å². The molecule has 0 unspecified atom stereocenters. The monoisotopic (exact) mass is 522 g/mol. The van der Waals surface area contributed by atoms with Crippen LogP contribution in [0.5, 0.6) is 0 Å². The number of nitrogens with two attached hydrogens (primary N) is 1. The number of aromatic nitrogens is 2. The van der Waals surface area contributed by atoms with Gasteiger partial charge in [0.2, 0.25) is 0 Å². The Hall–Kier alpha value is -2.05. The molecule has 4 nitrogen and oxygen atoms in total. The van der Waals surface area contributed by atoms with Crippen LogP contribution in [0.25, 0.3) is 5.69 Å². The van der Waals surface area contributed by atoms with Crippen molar-refractivity contribution >= 4 is 39.2 Å². The summed E-state index contributed by atoms with van der Waals surface area (Å²) in [5, 5.41) is 10.0. The van der Waals surface area contributed by atoms with Gasteiger partial charge in [-0.1, -0.05) is 42.6 Å². The van der Waals surface area contributed by atoms with Crippen molar-refractivity contribution in [3.63, 3.8) is 0 Å². The Kier molecular flexibility index (Phi) is 4.30. The molecule has 3 rings (SSSR count). The molecule has 31 heavy (non-hydrogen) atoms. The summed E-state index contributed by atoms with van der Waals surface area (Å²) < 4.78 is 134. The van der Waals surface area contributed by atoms with E-state index in [1.807, 2.05) is 0 Å². The summed E-state index contributed by atoms with van der Waals surface area (Å²) >= 11 is 11.2. The van der Waals surface area contributed by atoms with Crippen LogP contribution in [0.4, 0.5) is 47.2 Å². The summed E-state index contributed by atoms with van der Waals surface area (Å²) in [6, 6.07) is 0.593. The van der Waals surface area contributed by atoms with Crippen molar-refractivity contribution in [2.24, 2.45) is 0 Å². The molecule has 1 aromatic heterocycles. The van der Waals surface area contributed by atoms with Gasteiger partial charge < -0.3 is 5.73 Å². The summed E-state index contributed by atoms with van der Waals surface area (Å²) in [7, 11) is -10.3. The third-order valence-corrected chi connectivity index (χ3v) is 6.41. The zero-order valence-electron chi connectivity index (χ0n) is 14.2. The highest BCUT2D eigenvalue weighted by Crippen LogP contribution is 3.02. The number of nitrogens with zero attached hydrogens (tertiary/aromatic N) is 3. The maximum atomic E-state index is 13.8. The average Bonchev–Trinajstić information content (AvgIpc) is 2.81. The first kappa shape index (κ1) is 23.6. The summed E-state index contributed by atoms with van der Waals surface area (Å²) in [5.74, 6) is -11.2. The third kappa shape index (κ3) is 2.94. The van der Waals surface area contributed by atoms with Gasteiger partial charge in [-0.3, -0.25) is 0 Å². The van der Waals surface area contributed by atoms with E-state index in [-0.39, 0.29) is 16.8 Å². The van der Waals surface area contributed by atoms with Crippen molar-refractivity contribution in [3.05, 3.63) is 33.4 Å². The Morgan fingerprint density at radius 2 is 1.48 bits per heavy atom. The smallest absolute Gasteiger partial charge is 0.329 e. The molecule has 0 radical (unpaired) electrons. The minimum absolute atomic E-state index is 0.121. The molecule has 1 aliphatic carbocycles. The Bertz CT molecular complexity index is 1130. The SMILES string of the molecule is N#Cc1nn(-c2c(Cl)cc(S(F)(F)(F)(F)F)cc2Cl)c(N)c1C1(CF)C(F)(F)C1(F)F. The molecular weight excluding hydrogens is 517 g/mol.